The quantitative estimate of drug-likeness (QED) is 0.908. The van der Waals surface area contributed by atoms with Gasteiger partial charge in [-0.15, -0.1) is 0 Å². The molecule has 0 radical (unpaired) electrons. The summed E-state index contributed by atoms with van der Waals surface area (Å²) in [7, 11) is 0. The van der Waals surface area contributed by atoms with Gasteiger partial charge in [-0.05, 0) is 49.9 Å². The lowest BCUT2D eigenvalue weighted by atomic mass is 9.93. The Morgan fingerprint density at radius 2 is 2.10 bits per heavy atom. The van der Waals surface area contributed by atoms with Gasteiger partial charge in [-0.3, -0.25) is 4.79 Å². The number of hydrogen-bond donors (Lipinski definition) is 1. The van der Waals surface area contributed by atoms with E-state index in [0.717, 1.165) is 19.3 Å². The molecule has 1 aromatic carbocycles. The van der Waals surface area contributed by atoms with Crippen molar-refractivity contribution in [2.24, 2.45) is 11.7 Å². The van der Waals surface area contributed by atoms with E-state index < -0.39 is 6.61 Å². The third-order valence-electron chi connectivity index (χ3n) is 3.78. The Morgan fingerprint density at radius 1 is 1.38 bits per heavy atom. The van der Waals surface area contributed by atoms with Crippen molar-refractivity contribution in [1.82, 2.24) is 4.90 Å². The van der Waals surface area contributed by atoms with Gasteiger partial charge in [0, 0.05) is 18.7 Å². The van der Waals surface area contributed by atoms with E-state index in [1.54, 1.807) is 17.0 Å². The molecule has 1 saturated heterocycles. The maximum Gasteiger partial charge on any atom is 0.387 e. The molecule has 4 nitrogen and oxygen atoms in total. The van der Waals surface area contributed by atoms with Crippen LogP contribution >= 0.6 is 0 Å². The molecule has 1 heterocycles. The van der Waals surface area contributed by atoms with E-state index in [9.17, 15) is 13.6 Å². The van der Waals surface area contributed by atoms with Crippen LogP contribution in [0.5, 0.6) is 5.75 Å². The van der Waals surface area contributed by atoms with Crippen LogP contribution in [0.25, 0.3) is 0 Å². The van der Waals surface area contributed by atoms with Crippen molar-refractivity contribution in [3.8, 4) is 5.75 Å². The van der Waals surface area contributed by atoms with Crippen LogP contribution < -0.4 is 10.5 Å². The van der Waals surface area contributed by atoms with Crippen LogP contribution in [0.15, 0.2) is 24.3 Å². The van der Waals surface area contributed by atoms with Crippen molar-refractivity contribution in [2.45, 2.75) is 25.9 Å². The van der Waals surface area contributed by atoms with Crippen LogP contribution in [-0.2, 0) is 0 Å². The van der Waals surface area contributed by atoms with E-state index in [4.69, 9.17) is 5.73 Å². The van der Waals surface area contributed by atoms with Gasteiger partial charge in [0.05, 0.1) is 0 Å². The Hall–Kier alpha value is -1.69. The van der Waals surface area contributed by atoms with Gasteiger partial charge in [0.2, 0.25) is 0 Å². The van der Waals surface area contributed by atoms with Gasteiger partial charge < -0.3 is 15.4 Å². The van der Waals surface area contributed by atoms with E-state index in [2.05, 4.69) is 4.74 Å². The van der Waals surface area contributed by atoms with Gasteiger partial charge in [-0.2, -0.15) is 8.78 Å². The molecule has 0 spiro atoms. The molecule has 1 aliphatic heterocycles. The number of carbonyl (C=O) groups excluding carboxylic acids is 1. The summed E-state index contributed by atoms with van der Waals surface area (Å²) in [6.45, 7) is -0.847. The van der Waals surface area contributed by atoms with Crippen LogP contribution in [0, 0.1) is 5.92 Å². The number of piperidine rings is 1. The number of ether oxygens (including phenoxy) is 1. The number of rotatable bonds is 5. The number of likely N-dealkylation sites (tertiary alicyclic amines) is 1. The van der Waals surface area contributed by atoms with Crippen LogP contribution in [0.1, 0.15) is 29.6 Å². The molecule has 0 bridgehead atoms. The van der Waals surface area contributed by atoms with Gasteiger partial charge in [-0.1, -0.05) is 6.07 Å². The second-order valence-electron chi connectivity index (χ2n) is 5.22. The summed E-state index contributed by atoms with van der Waals surface area (Å²) in [5.41, 5.74) is 5.93. The smallest absolute Gasteiger partial charge is 0.387 e. The number of nitrogens with zero attached hydrogens (tertiary/aromatic N) is 1. The molecule has 0 saturated carbocycles. The normalized spacial score (nSPS) is 16.3. The van der Waals surface area contributed by atoms with E-state index >= 15 is 0 Å². The average Bonchev–Trinajstić information content (AvgIpc) is 2.47. The maximum atomic E-state index is 12.4. The predicted molar refractivity (Wildman–Crippen MR) is 75.4 cm³/mol. The standard InChI is InChI=1S/C15H20F2N2O2/c16-15(17)21-13-3-1-2-12(10-13)14(20)19-8-5-11(4-7-18)6-9-19/h1-3,10-11,15H,4-9,18H2. The molecular formula is C15H20F2N2O2. The fourth-order valence-corrected chi connectivity index (χ4v) is 2.65. The van der Waals surface area contributed by atoms with Gasteiger partial charge in [-0.25, -0.2) is 0 Å². The topological polar surface area (TPSA) is 55.6 Å². The first-order valence-electron chi connectivity index (χ1n) is 7.14. The zero-order chi connectivity index (χ0) is 15.2. The highest BCUT2D eigenvalue weighted by Gasteiger charge is 2.23. The Balaban J connectivity index is 1.97. The lowest BCUT2D eigenvalue weighted by Crippen LogP contribution is -2.38. The van der Waals surface area contributed by atoms with Crippen molar-refractivity contribution in [3.05, 3.63) is 29.8 Å². The number of halogens is 2. The van der Waals surface area contributed by atoms with Gasteiger partial charge >= 0.3 is 6.61 Å². The molecule has 1 aromatic rings. The molecule has 0 unspecified atom stereocenters. The fourth-order valence-electron chi connectivity index (χ4n) is 2.65. The Morgan fingerprint density at radius 3 is 2.71 bits per heavy atom. The summed E-state index contributed by atoms with van der Waals surface area (Å²) in [5, 5.41) is 0. The molecule has 6 heteroatoms. The number of nitrogens with two attached hydrogens (primary N) is 1. The molecule has 116 valence electrons. The molecule has 1 amide bonds. The molecule has 0 atom stereocenters. The van der Waals surface area contributed by atoms with Crippen molar-refractivity contribution >= 4 is 5.91 Å². The number of amides is 1. The number of hydrogen-bond acceptors (Lipinski definition) is 3. The predicted octanol–water partition coefficient (Wildman–Crippen LogP) is 2.49. The van der Waals surface area contributed by atoms with Gasteiger partial charge in [0.25, 0.3) is 5.91 Å². The van der Waals surface area contributed by atoms with Gasteiger partial charge in [0.15, 0.2) is 0 Å². The molecule has 2 N–H and O–H groups in total. The number of alkyl halides is 2. The lowest BCUT2D eigenvalue weighted by Gasteiger charge is -2.32. The van der Waals surface area contributed by atoms with E-state index in [0.29, 0.717) is 31.1 Å². The highest BCUT2D eigenvalue weighted by atomic mass is 19.3. The monoisotopic (exact) mass is 298 g/mol. The van der Waals surface area contributed by atoms with E-state index in [1.807, 2.05) is 0 Å². The molecular weight excluding hydrogens is 278 g/mol. The third-order valence-corrected chi connectivity index (χ3v) is 3.78. The number of carbonyl (C=O) groups is 1. The van der Waals surface area contributed by atoms with Crippen molar-refractivity contribution < 1.29 is 18.3 Å². The Kier molecular flexibility index (Phi) is 5.50. The maximum absolute atomic E-state index is 12.4. The third kappa shape index (κ3) is 4.39. The van der Waals surface area contributed by atoms with E-state index in [-0.39, 0.29) is 11.7 Å². The minimum atomic E-state index is -2.89. The zero-order valence-corrected chi connectivity index (χ0v) is 11.8. The summed E-state index contributed by atoms with van der Waals surface area (Å²) in [6.07, 6.45) is 2.87. The highest BCUT2D eigenvalue weighted by molar-refractivity contribution is 5.94. The van der Waals surface area contributed by atoms with Crippen LogP contribution in [0.3, 0.4) is 0 Å². The average molecular weight is 298 g/mol. The lowest BCUT2D eigenvalue weighted by molar-refractivity contribution is -0.0499. The Labute approximate surface area is 122 Å². The Bertz CT molecular complexity index is 474. The van der Waals surface area contributed by atoms with Crippen molar-refractivity contribution in [1.29, 1.82) is 0 Å². The van der Waals surface area contributed by atoms with Crippen LogP contribution in [0.4, 0.5) is 8.78 Å². The summed E-state index contributed by atoms with van der Waals surface area (Å²) in [5.74, 6) is 0.447. The fraction of sp³-hybridized carbons (Fsp3) is 0.533. The first kappa shape index (κ1) is 15.7. The second-order valence-corrected chi connectivity index (χ2v) is 5.22. The first-order chi connectivity index (χ1) is 10.1. The summed E-state index contributed by atoms with van der Waals surface area (Å²) < 4.78 is 28.7. The van der Waals surface area contributed by atoms with Crippen molar-refractivity contribution in [3.63, 3.8) is 0 Å². The van der Waals surface area contributed by atoms with Crippen molar-refractivity contribution in [2.75, 3.05) is 19.6 Å². The minimum Gasteiger partial charge on any atom is -0.435 e. The molecule has 0 aromatic heterocycles. The zero-order valence-electron chi connectivity index (χ0n) is 11.8. The highest BCUT2D eigenvalue weighted by Crippen LogP contribution is 2.23. The molecule has 2 rings (SSSR count). The van der Waals surface area contributed by atoms with Gasteiger partial charge in [0.1, 0.15) is 5.75 Å². The number of benzene rings is 1. The molecule has 1 fully saturated rings. The van der Waals surface area contributed by atoms with Crippen LogP contribution in [0.2, 0.25) is 0 Å². The molecule has 1 aliphatic rings. The summed E-state index contributed by atoms with van der Waals surface area (Å²) in [6, 6.07) is 5.94. The molecule has 21 heavy (non-hydrogen) atoms. The first-order valence-corrected chi connectivity index (χ1v) is 7.14. The molecule has 0 aliphatic carbocycles. The summed E-state index contributed by atoms with van der Waals surface area (Å²) in [4.78, 5) is 14.1. The minimum absolute atomic E-state index is 0.00821. The SMILES string of the molecule is NCCC1CCN(C(=O)c2cccc(OC(F)F)c2)CC1. The largest absolute Gasteiger partial charge is 0.435 e. The second kappa shape index (κ2) is 7.36. The van der Waals surface area contributed by atoms with E-state index in [1.165, 1.54) is 12.1 Å². The van der Waals surface area contributed by atoms with Crippen LogP contribution in [-0.4, -0.2) is 37.1 Å². The summed E-state index contributed by atoms with van der Waals surface area (Å²) >= 11 is 0.